The summed E-state index contributed by atoms with van der Waals surface area (Å²) in [5.74, 6) is -4.68. The zero-order chi connectivity index (χ0) is 33.7. The third kappa shape index (κ3) is 8.75. The largest absolute Gasteiger partial charge is 0.458 e. The molecule has 0 aromatic heterocycles. The van der Waals surface area contributed by atoms with Crippen LogP contribution in [0.1, 0.15) is 88.0 Å². The van der Waals surface area contributed by atoms with Crippen LogP contribution in [0.15, 0.2) is 11.6 Å². The van der Waals surface area contributed by atoms with E-state index in [0.29, 0.717) is 18.4 Å². The number of methoxy groups -OCH3 is 1. The minimum absolute atomic E-state index is 0.151. The topological polar surface area (TPSA) is 138 Å². The molecule has 0 aromatic carbocycles. The minimum atomic E-state index is -1.64. The molecule has 2 aliphatic rings. The number of cyclic esters (lactones) is 1. The number of likely N-dealkylation sites (N-methyl/N-ethyl adjacent to an activating group) is 1. The summed E-state index contributed by atoms with van der Waals surface area (Å²) in [5, 5.41) is 11.3. The van der Waals surface area contributed by atoms with Crippen LogP contribution in [0.3, 0.4) is 0 Å². The SMILES string of the molecule is CC/C1=C\[C@](C)(O)[C@@H](CC)OC(=O)[C@H](C)C(=O)[C@H](C)[C@@H](OC2O[C@H](C)C[C@H](N(C)C)[C@H]2OC(C)=O)[C@@](C)(OC)C[C@@H](C)C1=O. The molecule has 44 heavy (non-hydrogen) atoms. The van der Waals surface area contributed by atoms with Crippen molar-refractivity contribution in [2.45, 2.75) is 136 Å². The highest BCUT2D eigenvalue weighted by Gasteiger charge is 2.50. The van der Waals surface area contributed by atoms with E-state index in [-0.39, 0.29) is 30.8 Å². The highest BCUT2D eigenvalue weighted by atomic mass is 16.7. The van der Waals surface area contributed by atoms with Gasteiger partial charge in [-0.05, 0) is 79.1 Å². The number of ether oxygens (including phenoxy) is 5. The summed E-state index contributed by atoms with van der Waals surface area (Å²) >= 11 is 0. The molecule has 0 radical (unpaired) electrons. The van der Waals surface area contributed by atoms with E-state index in [1.54, 1.807) is 27.7 Å². The van der Waals surface area contributed by atoms with Crippen molar-refractivity contribution < 1.29 is 48.0 Å². The fraction of sp³-hybridized carbons (Fsp3) is 0.818. The molecule has 2 heterocycles. The molecule has 2 aliphatic heterocycles. The molecule has 0 amide bonds. The lowest BCUT2D eigenvalue weighted by molar-refractivity contribution is -0.297. The summed E-state index contributed by atoms with van der Waals surface area (Å²) in [6, 6.07) is -0.239. The Morgan fingerprint density at radius 3 is 2.23 bits per heavy atom. The van der Waals surface area contributed by atoms with Crippen molar-refractivity contribution in [3.8, 4) is 0 Å². The normalized spacial score (nSPS) is 41.0. The van der Waals surface area contributed by atoms with Gasteiger partial charge in [-0.25, -0.2) is 0 Å². The zero-order valence-electron chi connectivity index (χ0n) is 28.7. The summed E-state index contributed by atoms with van der Waals surface area (Å²) in [5.41, 5.74) is -2.47. The van der Waals surface area contributed by atoms with Gasteiger partial charge in [0.2, 0.25) is 0 Å². The van der Waals surface area contributed by atoms with Gasteiger partial charge in [0, 0.05) is 25.9 Å². The number of rotatable bonds is 7. The Morgan fingerprint density at radius 2 is 1.73 bits per heavy atom. The first-order chi connectivity index (χ1) is 20.3. The van der Waals surface area contributed by atoms with Gasteiger partial charge in [-0.3, -0.25) is 19.2 Å². The predicted molar refractivity (Wildman–Crippen MR) is 164 cm³/mol. The molecule has 1 N–H and O–H groups in total. The summed E-state index contributed by atoms with van der Waals surface area (Å²) in [6.45, 7) is 14.9. The molecule has 0 aliphatic carbocycles. The third-order valence-electron chi connectivity index (χ3n) is 9.19. The second-order valence-electron chi connectivity index (χ2n) is 13.2. The van der Waals surface area contributed by atoms with Crippen LogP contribution in [0.25, 0.3) is 0 Å². The molecular formula is C33H55NO10. The van der Waals surface area contributed by atoms with Gasteiger partial charge in [0.05, 0.1) is 23.9 Å². The van der Waals surface area contributed by atoms with Crippen molar-refractivity contribution in [3.05, 3.63) is 11.6 Å². The molecule has 2 rings (SSSR count). The number of aliphatic hydroxyl groups is 1. The number of nitrogens with zero attached hydrogens (tertiary/aromatic N) is 1. The molecule has 0 saturated carbocycles. The lowest BCUT2D eigenvalue weighted by atomic mass is 9.76. The number of carbonyl (C=O) groups excluding carboxylic acids is 4. The number of esters is 2. The Morgan fingerprint density at radius 1 is 1.11 bits per heavy atom. The highest BCUT2D eigenvalue weighted by molar-refractivity contribution is 6.00. The van der Waals surface area contributed by atoms with Crippen molar-refractivity contribution in [2.75, 3.05) is 21.2 Å². The molecule has 11 heteroatoms. The van der Waals surface area contributed by atoms with Gasteiger partial charge in [-0.15, -0.1) is 0 Å². The van der Waals surface area contributed by atoms with Crippen LogP contribution in [0.4, 0.5) is 0 Å². The monoisotopic (exact) mass is 625 g/mol. The van der Waals surface area contributed by atoms with E-state index in [1.165, 1.54) is 34.0 Å². The maximum atomic E-state index is 14.0. The summed E-state index contributed by atoms with van der Waals surface area (Å²) in [7, 11) is 5.24. The number of Topliss-reactive ketones (excluding diaryl/α,β-unsaturated/α-hetero) is 2. The van der Waals surface area contributed by atoms with E-state index in [4.69, 9.17) is 23.7 Å². The van der Waals surface area contributed by atoms with Gasteiger partial charge in [0.25, 0.3) is 0 Å². The van der Waals surface area contributed by atoms with Gasteiger partial charge >= 0.3 is 11.9 Å². The average Bonchev–Trinajstić information content (AvgIpc) is 2.95. The summed E-state index contributed by atoms with van der Waals surface area (Å²) in [4.78, 5) is 55.2. The van der Waals surface area contributed by atoms with Crippen molar-refractivity contribution in [2.24, 2.45) is 17.8 Å². The second kappa shape index (κ2) is 15.4. The molecule has 11 atom stereocenters. The molecule has 1 saturated heterocycles. The second-order valence-corrected chi connectivity index (χ2v) is 13.2. The zero-order valence-corrected chi connectivity index (χ0v) is 28.7. The fourth-order valence-corrected chi connectivity index (χ4v) is 6.54. The van der Waals surface area contributed by atoms with Crippen LogP contribution in [-0.4, -0.2) is 103 Å². The average molecular weight is 626 g/mol. The highest BCUT2D eigenvalue weighted by Crippen LogP contribution is 2.38. The number of hydrogen-bond acceptors (Lipinski definition) is 11. The lowest BCUT2D eigenvalue weighted by Gasteiger charge is -2.47. The molecule has 0 aromatic rings. The number of allylic oxidation sites excluding steroid dienone is 1. The van der Waals surface area contributed by atoms with Gasteiger partial charge < -0.3 is 33.7 Å². The van der Waals surface area contributed by atoms with Gasteiger partial charge in [-0.2, -0.15) is 0 Å². The van der Waals surface area contributed by atoms with Crippen molar-refractivity contribution in [1.29, 1.82) is 0 Å². The molecular weight excluding hydrogens is 570 g/mol. The quantitative estimate of drug-likeness (QED) is 0.328. The lowest BCUT2D eigenvalue weighted by Crippen LogP contribution is -2.60. The van der Waals surface area contributed by atoms with Crippen LogP contribution in [0.5, 0.6) is 0 Å². The van der Waals surface area contributed by atoms with E-state index in [2.05, 4.69) is 0 Å². The van der Waals surface area contributed by atoms with E-state index in [0.717, 1.165) is 0 Å². The van der Waals surface area contributed by atoms with Crippen LogP contribution in [0, 0.1) is 17.8 Å². The number of ketones is 2. The Labute approximate surface area is 262 Å². The van der Waals surface area contributed by atoms with Crippen LogP contribution in [-0.2, 0) is 42.9 Å². The first-order valence-electron chi connectivity index (χ1n) is 15.8. The Kier molecular flexibility index (Phi) is 13.3. The van der Waals surface area contributed by atoms with Crippen LogP contribution in [0.2, 0.25) is 0 Å². The van der Waals surface area contributed by atoms with Gasteiger partial charge in [0.1, 0.15) is 17.6 Å². The van der Waals surface area contributed by atoms with Crippen LogP contribution < -0.4 is 0 Å². The van der Waals surface area contributed by atoms with Crippen LogP contribution >= 0.6 is 0 Å². The predicted octanol–water partition coefficient (Wildman–Crippen LogP) is 3.63. The summed E-state index contributed by atoms with van der Waals surface area (Å²) in [6.07, 6.45) is -1.34. The smallest absolute Gasteiger partial charge is 0.316 e. The van der Waals surface area contributed by atoms with Crippen molar-refractivity contribution >= 4 is 23.5 Å². The standard InChI is InChI=1S/C33H55NO10/c1-13-23-17-32(8,39)25(14-2)43-30(38)21(6)27(37)20(5)29(33(9,40-12)16-18(3)26(23)36)44-31-28(42-22(7)35)24(34(10)11)15-19(4)41-31/h17-21,24-25,28-29,31,39H,13-16H2,1-12H3/b23-17+/t18-,19-,20+,21-,24+,25-,28-,29-,31?,32+,33+/m1/s1. The van der Waals surface area contributed by atoms with Crippen molar-refractivity contribution in [3.63, 3.8) is 0 Å². The first-order valence-corrected chi connectivity index (χ1v) is 15.8. The maximum absolute atomic E-state index is 14.0. The Bertz CT molecular complexity index is 1070. The number of hydrogen-bond donors (Lipinski definition) is 1. The number of carbonyl (C=O) groups is 4. The van der Waals surface area contributed by atoms with Gasteiger partial charge in [-0.1, -0.05) is 27.7 Å². The van der Waals surface area contributed by atoms with E-state index < -0.39 is 71.3 Å². The maximum Gasteiger partial charge on any atom is 0.316 e. The molecule has 1 fully saturated rings. The summed E-state index contributed by atoms with van der Waals surface area (Å²) < 4.78 is 30.4. The molecule has 252 valence electrons. The Balaban J connectivity index is 2.71. The Hall–Kier alpha value is -2.18. The molecule has 1 unspecified atom stereocenters. The molecule has 11 nitrogen and oxygen atoms in total. The minimum Gasteiger partial charge on any atom is -0.458 e. The van der Waals surface area contributed by atoms with E-state index >= 15 is 0 Å². The van der Waals surface area contributed by atoms with Crippen molar-refractivity contribution in [1.82, 2.24) is 4.90 Å². The molecule has 0 spiro atoms. The first kappa shape index (κ1) is 38.0. The van der Waals surface area contributed by atoms with Gasteiger partial charge in [0.15, 0.2) is 24.0 Å². The molecule has 0 bridgehead atoms. The van der Waals surface area contributed by atoms with E-state index in [1.807, 2.05) is 32.8 Å². The third-order valence-corrected chi connectivity index (χ3v) is 9.19. The fourth-order valence-electron chi connectivity index (χ4n) is 6.54. The van der Waals surface area contributed by atoms with E-state index in [9.17, 15) is 24.3 Å².